The molecule has 0 aliphatic carbocycles. The van der Waals surface area contributed by atoms with E-state index in [2.05, 4.69) is 15.9 Å². The highest BCUT2D eigenvalue weighted by atomic mass is 79.9. The zero-order valence-corrected chi connectivity index (χ0v) is 8.34. The third-order valence-corrected chi connectivity index (χ3v) is 2.61. The van der Waals surface area contributed by atoms with E-state index in [0.717, 1.165) is 15.2 Å². The van der Waals surface area contributed by atoms with Gasteiger partial charge in [-0.15, -0.1) is 11.3 Å². The predicted molar refractivity (Wildman–Crippen MR) is 52.2 cm³/mol. The smallest absolute Gasteiger partial charge is 0.100 e. The molecule has 0 aromatic carbocycles. The number of allylic oxidation sites excluding steroid dienone is 1. The molecule has 0 aliphatic heterocycles. The quantitative estimate of drug-likeness (QED) is 0.686. The van der Waals surface area contributed by atoms with Gasteiger partial charge in [0.05, 0.1) is 0 Å². The third-order valence-electron chi connectivity index (χ3n) is 1.03. The highest BCUT2D eigenvalue weighted by Gasteiger charge is 1.94. The summed E-state index contributed by atoms with van der Waals surface area (Å²) in [4.78, 5) is 0. The van der Waals surface area contributed by atoms with Crippen molar-refractivity contribution in [2.24, 2.45) is 0 Å². The molecule has 1 aromatic heterocycles. The van der Waals surface area contributed by atoms with Gasteiger partial charge < -0.3 is 0 Å². The Balaban J connectivity index is 2.74. The molecule has 0 unspecified atom stereocenters. The molecular weight excluding hydrogens is 232 g/mol. The molecule has 0 fully saturated rings. The summed E-state index contributed by atoms with van der Waals surface area (Å²) in [6.45, 7) is 0. The second-order valence-electron chi connectivity index (χ2n) is 1.71. The van der Waals surface area contributed by atoms with Crippen LogP contribution in [0.25, 0.3) is 6.08 Å². The maximum Gasteiger partial charge on any atom is 0.100 e. The number of hydrogen-bond donors (Lipinski definition) is 0. The lowest BCUT2D eigenvalue weighted by Gasteiger charge is -1.84. The molecular formula is C7H6BrClS. The van der Waals surface area contributed by atoms with Crippen LogP contribution in [0.4, 0.5) is 0 Å². The van der Waals surface area contributed by atoms with Crippen molar-refractivity contribution in [2.45, 2.75) is 0 Å². The average Bonchev–Trinajstić information content (AvgIpc) is 2.31. The lowest BCUT2D eigenvalue weighted by atomic mass is 10.3. The molecule has 1 heterocycles. The molecule has 0 saturated heterocycles. The summed E-state index contributed by atoms with van der Waals surface area (Å²) in [6, 6.07) is 2.01. The normalized spacial score (nSPS) is 11.0. The van der Waals surface area contributed by atoms with Crippen LogP contribution in [0.1, 0.15) is 5.56 Å². The van der Waals surface area contributed by atoms with Gasteiger partial charge in [-0.3, -0.25) is 0 Å². The molecule has 0 amide bonds. The minimum atomic E-state index is 0.859. The van der Waals surface area contributed by atoms with Crippen LogP contribution in [0.3, 0.4) is 0 Å². The van der Waals surface area contributed by atoms with Crippen molar-refractivity contribution in [1.82, 2.24) is 0 Å². The summed E-state index contributed by atoms with van der Waals surface area (Å²) < 4.78 is 0.859. The van der Waals surface area contributed by atoms with Gasteiger partial charge in [-0.1, -0.05) is 39.7 Å². The SMILES string of the molecule is Clc1sccc1C=CCBr. The van der Waals surface area contributed by atoms with E-state index < -0.39 is 0 Å². The molecule has 0 saturated carbocycles. The Kier molecular flexibility index (Phi) is 3.46. The molecule has 0 aliphatic rings. The van der Waals surface area contributed by atoms with Crippen molar-refractivity contribution in [2.75, 3.05) is 5.33 Å². The van der Waals surface area contributed by atoms with Crippen molar-refractivity contribution in [3.63, 3.8) is 0 Å². The minimum absolute atomic E-state index is 0.859. The van der Waals surface area contributed by atoms with E-state index >= 15 is 0 Å². The first-order valence-corrected chi connectivity index (χ1v) is 5.18. The molecule has 1 rings (SSSR count). The summed E-state index contributed by atoms with van der Waals surface area (Å²) in [5, 5.41) is 2.86. The molecule has 0 N–H and O–H groups in total. The lowest BCUT2D eigenvalue weighted by Crippen LogP contribution is -1.63. The van der Waals surface area contributed by atoms with Crippen LogP contribution in [0.15, 0.2) is 17.5 Å². The van der Waals surface area contributed by atoms with Crippen LogP contribution in [-0.4, -0.2) is 5.33 Å². The number of thiophene rings is 1. The molecule has 0 atom stereocenters. The van der Waals surface area contributed by atoms with E-state index in [1.165, 1.54) is 0 Å². The monoisotopic (exact) mass is 236 g/mol. The Morgan fingerprint density at radius 2 is 2.50 bits per heavy atom. The summed E-state index contributed by atoms with van der Waals surface area (Å²) >= 11 is 10.7. The fourth-order valence-electron chi connectivity index (χ4n) is 0.593. The Morgan fingerprint density at radius 3 is 3.00 bits per heavy atom. The first-order valence-electron chi connectivity index (χ1n) is 2.80. The maximum atomic E-state index is 5.83. The van der Waals surface area contributed by atoms with Crippen molar-refractivity contribution in [3.8, 4) is 0 Å². The standard InChI is InChI=1S/C7H6BrClS/c8-4-1-2-6-3-5-10-7(6)9/h1-3,5H,4H2. The molecule has 0 spiro atoms. The van der Waals surface area contributed by atoms with Crippen LogP contribution in [0, 0.1) is 0 Å². The highest BCUT2D eigenvalue weighted by Crippen LogP contribution is 2.23. The van der Waals surface area contributed by atoms with Gasteiger partial charge in [0.1, 0.15) is 4.34 Å². The number of hydrogen-bond acceptors (Lipinski definition) is 1. The molecule has 54 valence electrons. The molecule has 3 heteroatoms. The fourth-order valence-corrected chi connectivity index (χ4v) is 1.67. The Bertz CT molecular complexity index is 229. The van der Waals surface area contributed by atoms with Crippen LogP contribution in [0.2, 0.25) is 4.34 Å². The van der Waals surface area contributed by atoms with Gasteiger partial charge in [0.2, 0.25) is 0 Å². The van der Waals surface area contributed by atoms with Gasteiger partial charge in [-0.05, 0) is 11.4 Å². The van der Waals surface area contributed by atoms with E-state index in [4.69, 9.17) is 11.6 Å². The van der Waals surface area contributed by atoms with Gasteiger partial charge in [0.15, 0.2) is 0 Å². The molecule has 10 heavy (non-hydrogen) atoms. The van der Waals surface area contributed by atoms with Gasteiger partial charge in [0, 0.05) is 10.9 Å². The van der Waals surface area contributed by atoms with E-state index in [9.17, 15) is 0 Å². The van der Waals surface area contributed by atoms with Gasteiger partial charge >= 0.3 is 0 Å². The van der Waals surface area contributed by atoms with Crippen LogP contribution >= 0.6 is 38.9 Å². The summed E-state index contributed by atoms with van der Waals surface area (Å²) in [5.74, 6) is 0. The minimum Gasteiger partial charge on any atom is -0.131 e. The first kappa shape index (κ1) is 8.31. The Labute approximate surface area is 77.6 Å². The molecule has 0 radical (unpaired) electrons. The van der Waals surface area contributed by atoms with E-state index in [1.807, 2.05) is 23.6 Å². The van der Waals surface area contributed by atoms with Gasteiger partial charge in [-0.2, -0.15) is 0 Å². The summed E-state index contributed by atoms with van der Waals surface area (Å²) in [6.07, 6.45) is 4.03. The average molecular weight is 238 g/mol. The number of halogens is 2. The summed E-state index contributed by atoms with van der Waals surface area (Å²) in [5.41, 5.74) is 1.10. The van der Waals surface area contributed by atoms with Crippen molar-refractivity contribution < 1.29 is 0 Å². The lowest BCUT2D eigenvalue weighted by molar-refractivity contribution is 1.80. The maximum absolute atomic E-state index is 5.83. The molecule has 1 aromatic rings. The van der Waals surface area contributed by atoms with E-state index in [-0.39, 0.29) is 0 Å². The Morgan fingerprint density at radius 1 is 1.70 bits per heavy atom. The molecule has 0 bridgehead atoms. The second kappa shape index (κ2) is 4.16. The highest BCUT2D eigenvalue weighted by molar-refractivity contribution is 9.09. The predicted octanol–water partition coefficient (Wildman–Crippen LogP) is 3.81. The fraction of sp³-hybridized carbons (Fsp3) is 0.143. The zero-order chi connectivity index (χ0) is 7.40. The summed E-state index contributed by atoms with van der Waals surface area (Å²) in [7, 11) is 0. The van der Waals surface area contributed by atoms with Crippen LogP contribution in [-0.2, 0) is 0 Å². The van der Waals surface area contributed by atoms with Crippen LogP contribution in [0.5, 0.6) is 0 Å². The topological polar surface area (TPSA) is 0 Å². The van der Waals surface area contributed by atoms with Crippen molar-refractivity contribution >= 4 is 44.9 Å². The number of alkyl halides is 1. The first-order chi connectivity index (χ1) is 4.84. The zero-order valence-electron chi connectivity index (χ0n) is 5.18. The van der Waals surface area contributed by atoms with Gasteiger partial charge in [0.25, 0.3) is 0 Å². The van der Waals surface area contributed by atoms with E-state index in [1.54, 1.807) is 11.3 Å². The van der Waals surface area contributed by atoms with Crippen molar-refractivity contribution in [3.05, 3.63) is 27.4 Å². The second-order valence-corrected chi connectivity index (χ2v) is 3.87. The van der Waals surface area contributed by atoms with E-state index in [0.29, 0.717) is 0 Å². The van der Waals surface area contributed by atoms with Crippen molar-refractivity contribution in [1.29, 1.82) is 0 Å². The Hall–Kier alpha value is 0.210. The van der Waals surface area contributed by atoms with Gasteiger partial charge in [-0.25, -0.2) is 0 Å². The third kappa shape index (κ3) is 2.11. The largest absolute Gasteiger partial charge is 0.131 e. The molecule has 0 nitrogen and oxygen atoms in total. The van der Waals surface area contributed by atoms with Crippen LogP contribution < -0.4 is 0 Å². The number of rotatable bonds is 2.